The summed E-state index contributed by atoms with van der Waals surface area (Å²) in [6, 6.07) is 15.8. The second kappa shape index (κ2) is 8.63. The molecule has 2 heterocycles. The van der Waals surface area contributed by atoms with E-state index in [9.17, 15) is 4.79 Å². The van der Waals surface area contributed by atoms with Crippen LogP contribution in [0.1, 0.15) is 22.0 Å². The Morgan fingerprint density at radius 3 is 2.57 bits per heavy atom. The van der Waals surface area contributed by atoms with E-state index in [-0.39, 0.29) is 11.9 Å². The number of nitrogens with zero attached hydrogens (tertiary/aromatic N) is 2. The second-order valence-corrected chi connectivity index (χ2v) is 7.11. The van der Waals surface area contributed by atoms with Crippen molar-refractivity contribution in [2.75, 3.05) is 57.9 Å². The summed E-state index contributed by atoms with van der Waals surface area (Å²) >= 11 is 0. The van der Waals surface area contributed by atoms with Crippen molar-refractivity contribution in [1.29, 1.82) is 0 Å². The van der Waals surface area contributed by atoms with E-state index in [0.717, 1.165) is 62.0 Å². The number of para-hydroxylation sites is 1. The van der Waals surface area contributed by atoms with Gasteiger partial charge in [-0.25, -0.2) is 0 Å². The summed E-state index contributed by atoms with van der Waals surface area (Å²) < 4.78 is 11.0. The van der Waals surface area contributed by atoms with E-state index in [1.165, 1.54) is 0 Å². The largest absolute Gasteiger partial charge is 0.496 e. The Labute approximate surface area is 166 Å². The van der Waals surface area contributed by atoms with Gasteiger partial charge in [-0.1, -0.05) is 18.2 Å². The van der Waals surface area contributed by atoms with E-state index < -0.39 is 0 Å². The van der Waals surface area contributed by atoms with Gasteiger partial charge in [0.15, 0.2) is 0 Å². The van der Waals surface area contributed by atoms with Gasteiger partial charge in [0.1, 0.15) is 5.75 Å². The molecular weight excluding hydrogens is 354 g/mol. The molecule has 2 fully saturated rings. The minimum Gasteiger partial charge on any atom is -0.496 e. The predicted octanol–water partition coefficient (Wildman–Crippen LogP) is 2.32. The van der Waals surface area contributed by atoms with Gasteiger partial charge in [0.25, 0.3) is 5.91 Å². The van der Waals surface area contributed by atoms with Crippen molar-refractivity contribution < 1.29 is 14.3 Å². The highest BCUT2D eigenvalue weighted by Gasteiger charge is 2.30. The molecule has 0 radical (unpaired) electrons. The zero-order valence-electron chi connectivity index (χ0n) is 16.3. The smallest absolute Gasteiger partial charge is 0.254 e. The minimum absolute atomic E-state index is 0.0451. The van der Waals surface area contributed by atoms with Crippen LogP contribution in [0.15, 0.2) is 48.5 Å². The van der Waals surface area contributed by atoms with Gasteiger partial charge in [-0.3, -0.25) is 4.79 Å². The van der Waals surface area contributed by atoms with Crippen LogP contribution in [0.4, 0.5) is 5.69 Å². The molecule has 148 valence electrons. The molecule has 1 unspecified atom stereocenters. The Balaban J connectivity index is 1.55. The zero-order chi connectivity index (χ0) is 19.3. The number of piperazine rings is 1. The summed E-state index contributed by atoms with van der Waals surface area (Å²) in [5.41, 5.74) is 2.90. The van der Waals surface area contributed by atoms with Crippen molar-refractivity contribution in [3.05, 3.63) is 59.7 Å². The summed E-state index contributed by atoms with van der Waals surface area (Å²) in [5.74, 6) is 0.877. The number of benzene rings is 2. The molecule has 28 heavy (non-hydrogen) atoms. The van der Waals surface area contributed by atoms with E-state index in [0.29, 0.717) is 6.54 Å². The highest BCUT2D eigenvalue weighted by molar-refractivity contribution is 5.95. The number of hydrogen-bond acceptors (Lipinski definition) is 5. The van der Waals surface area contributed by atoms with E-state index in [1.807, 2.05) is 53.4 Å². The van der Waals surface area contributed by atoms with E-state index in [2.05, 4.69) is 10.2 Å². The summed E-state index contributed by atoms with van der Waals surface area (Å²) in [6.45, 7) is 5.47. The number of rotatable bonds is 4. The van der Waals surface area contributed by atoms with Crippen molar-refractivity contribution in [3.8, 4) is 5.75 Å². The number of nitrogens with one attached hydrogen (secondary N) is 1. The zero-order valence-corrected chi connectivity index (χ0v) is 16.3. The monoisotopic (exact) mass is 381 g/mol. The summed E-state index contributed by atoms with van der Waals surface area (Å²) in [7, 11) is 1.67. The molecule has 1 N–H and O–H groups in total. The SMILES string of the molecule is COc1ccccc1C1CNCCN1C(=O)c1ccc(N2CCOCC2)cc1. The van der Waals surface area contributed by atoms with Crippen LogP contribution >= 0.6 is 0 Å². The molecule has 0 aliphatic carbocycles. The lowest BCUT2D eigenvalue weighted by Gasteiger charge is -2.37. The molecule has 0 bridgehead atoms. The molecule has 6 heteroatoms. The number of carbonyl (C=O) groups excluding carboxylic acids is 1. The Hall–Kier alpha value is -2.57. The fourth-order valence-electron chi connectivity index (χ4n) is 3.97. The van der Waals surface area contributed by atoms with Crippen molar-refractivity contribution in [1.82, 2.24) is 10.2 Å². The Morgan fingerprint density at radius 2 is 1.82 bits per heavy atom. The number of carbonyl (C=O) groups is 1. The number of methoxy groups -OCH3 is 1. The molecule has 2 aliphatic rings. The number of anilines is 1. The number of hydrogen-bond donors (Lipinski definition) is 1. The normalized spacial score (nSPS) is 20.1. The lowest BCUT2D eigenvalue weighted by molar-refractivity contribution is 0.0631. The first-order valence-electron chi connectivity index (χ1n) is 9.85. The van der Waals surface area contributed by atoms with Gasteiger partial charge in [-0.15, -0.1) is 0 Å². The topological polar surface area (TPSA) is 54.0 Å². The molecule has 0 aromatic heterocycles. The van der Waals surface area contributed by atoms with Crippen molar-refractivity contribution in [2.24, 2.45) is 0 Å². The maximum atomic E-state index is 13.3. The fourth-order valence-corrected chi connectivity index (χ4v) is 3.97. The van der Waals surface area contributed by atoms with Crippen LogP contribution in [-0.2, 0) is 4.74 Å². The lowest BCUT2D eigenvalue weighted by atomic mass is 10.0. The van der Waals surface area contributed by atoms with Gasteiger partial charge in [0.2, 0.25) is 0 Å². The van der Waals surface area contributed by atoms with E-state index in [4.69, 9.17) is 9.47 Å². The van der Waals surface area contributed by atoms with Crippen LogP contribution in [-0.4, -0.2) is 63.9 Å². The third-order valence-corrected chi connectivity index (χ3v) is 5.49. The highest BCUT2D eigenvalue weighted by atomic mass is 16.5. The van der Waals surface area contributed by atoms with E-state index >= 15 is 0 Å². The van der Waals surface area contributed by atoms with Crippen LogP contribution < -0.4 is 15.0 Å². The molecule has 2 aromatic carbocycles. The molecule has 2 saturated heterocycles. The maximum absolute atomic E-state index is 13.3. The van der Waals surface area contributed by atoms with Crippen molar-refractivity contribution in [2.45, 2.75) is 6.04 Å². The maximum Gasteiger partial charge on any atom is 0.254 e. The van der Waals surface area contributed by atoms with Crippen LogP contribution in [0.25, 0.3) is 0 Å². The molecule has 1 amide bonds. The van der Waals surface area contributed by atoms with Gasteiger partial charge in [0.05, 0.1) is 26.4 Å². The summed E-state index contributed by atoms with van der Waals surface area (Å²) in [6.07, 6.45) is 0. The number of ether oxygens (including phenoxy) is 2. The third-order valence-electron chi connectivity index (χ3n) is 5.49. The second-order valence-electron chi connectivity index (χ2n) is 7.11. The summed E-state index contributed by atoms with van der Waals surface area (Å²) in [4.78, 5) is 17.5. The third kappa shape index (κ3) is 3.84. The van der Waals surface area contributed by atoms with Crippen molar-refractivity contribution in [3.63, 3.8) is 0 Å². The minimum atomic E-state index is -0.0451. The van der Waals surface area contributed by atoms with E-state index in [1.54, 1.807) is 7.11 Å². The Morgan fingerprint density at radius 1 is 1.07 bits per heavy atom. The molecule has 0 saturated carbocycles. The average molecular weight is 381 g/mol. The molecule has 6 nitrogen and oxygen atoms in total. The fraction of sp³-hybridized carbons (Fsp3) is 0.409. The standard InChI is InChI=1S/C22H27N3O3/c1-27-21-5-3-2-4-19(21)20-16-23-10-11-25(20)22(26)17-6-8-18(9-7-17)24-12-14-28-15-13-24/h2-9,20,23H,10-16H2,1H3. The van der Waals surface area contributed by atoms with Gasteiger partial charge in [-0.05, 0) is 30.3 Å². The first-order valence-corrected chi connectivity index (χ1v) is 9.85. The van der Waals surface area contributed by atoms with Crippen LogP contribution in [0.2, 0.25) is 0 Å². The number of amides is 1. The van der Waals surface area contributed by atoms with Crippen LogP contribution in [0.5, 0.6) is 5.75 Å². The highest BCUT2D eigenvalue weighted by Crippen LogP contribution is 2.31. The summed E-state index contributed by atoms with van der Waals surface area (Å²) in [5, 5.41) is 3.41. The molecule has 2 aromatic rings. The average Bonchev–Trinajstić information content (AvgIpc) is 2.79. The molecule has 2 aliphatic heterocycles. The van der Waals surface area contributed by atoms with Gasteiger partial charge in [0, 0.05) is 49.5 Å². The predicted molar refractivity (Wildman–Crippen MR) is 109 cm³/mol. The molecular formula is C22H27N3O3. The van der Waals surface area contributed by atoms with Gasteiger partial charge < -0.3 is 24.6 Å². The molecule has 4 rings (SSSR count). The Bertz CT molecular complexity index is 803. The molecule has 1 atom stereocenters. The molecule has 0 spiro atoms. The first kappa shape index (κ1) is 18.8. The van der Waals surface area contributed by atoms with Crippen molar-refractivity contribution >= 4 is 11.6 Å². The number of morpholine rings is 1. The Kier molecular flexibility index (Phi) is 5.78. The lowest BCUT2D eigenvalue weighted by Crippen LogP contribution is -2.48. The van der Waals surface area contributed by atoms with Crippen LogP contribution in [0, 0.1) is 0 Å². The quantitative estimate of drug-likeness (QED) is 0.881. The van der Waals surface area contributed by atoms with Gasteiger partial charge in [-0.2, -0.15) is 0 Å². The first-order chi connectivity index (χ1) is 13.8. The van der Waals surface area contributed by atoms with Crippen LogP contribution in [0.3, 0.4) is 0 Å². The van der Waals surface area contributed by atoms with Gasteiger partial charge >= 0.3 is 0 Å².